The molecule has 0 aromatic rings. The van der Waals surface area contributed by atoms with Crippen molar-refractivity contribution < 1.29 is 9.53 Å². The van der Waals surface area contributed by atoms with E-state index in [9.17, 15) is 4.79 Å². The molecule has 1 amide bonds. The summed E-state index contributed by atoms with van der Waals surface area (Å²) in [7, 11) is 3.65. The van der Waals surface area contributed by atoms with E-state index in [2.05, 4.69) is 22.5 Å². The Labute approximate surface area is 117 Å². The van der Waals surface area contributed by atoms with Gasteiger partial charge in [-0.25, -0.2) is 0 Å². The second-order valence-electron chi connectivity index (χ2n) is 5.49. The van der Waals surface area contributed by atoms with Gasteiger partial charge in [0.2, 0.25) is 5.91 Å². The van der Waals surface area contributed by atoms with Gasteiger partial charge in [-0.2, -0.15) is 0 Å². The molecular formula is C14H29N3O2. The number of nitrogens with one attached hydrogen (secondary N) is 2. The molecule has 2 N–H and O–H groups in total. The molecule has 112 valence electrons. The molecule has 1 rings (SSSR count). The number of piperidine rings is 1. The van der Waals surface area contributed by atoms with E-state index >= 15 is 0 Å². The van der Waals surface area contributed by atoms with Gasteiger partial charge in [0.1, 0.15) is 0 Å². The summed E-state index contributed by atoms with van der Waals surface area (Å²) >= 11 is 0. The van der Waals surface area contributed by atoms with Gasteiger partial charge in [-0.15, -0.1) is 0 Å². The molecule has 19 heavy (non-hydrogen) atoms. The first kappa shape index (κ1) is 16.4. The smallest absolute Gasteiger partial charge is 0.234 e. The first-order valence-electron chi connectivity index (χ1n) is 7.32. The minimum atomic E-state index is 0.0722. The van der Waals surface area contributed by atoms with Crippen LogP contribution < -0.4 is 10.6 Å². The zero-order valence-corrected chi connectivity index (χ0v) is 12.6. The lowest BCUT2D eigenvalue weighted by molar-refractivity contribution is -0.122. The van der Waals surface area contributed by atoms with Crippen molar-refractivity contribution in [1.82, 2.24) is 15.5 Å². The molecule has 0 aliphatic carbocycles. The molecule has 1 fully saturated rings. The summed E-state index contributed by atoms with van der Waals surface area (Å²) in [4.78, 5) is 13.8. The average Bonchev–Trinajstić information content (AvgIpc) is 2.40. The summed E-state index contributed by atoms with van der Waals surface area (Å²) in [6, 6.07) is 1.03. The van der Waals surface area contributed by atoms with Crippen molar-refractivity contribution in [2.75, 3.05) is 40.4 Å². The van der Waals surface area contributed by atoms with Crippen molar-refractivity contribution in [2.45, 2.75) is 44.7 Å². The maximum Gasteiger partial charge on any atom is 0.234 e. The van der Waals surface area contributed by atoms with Crippen LogP contribution in [0.4, 0.5) is 0 Å². The third-order valence-corrected chi connectivity index (χ3v) is 3.81. The van der Waals surface area contributed by atoms with Crippen molar-refractivity contribution in [1.29, 1.82) is 0 Å². The van der Waals surface area contributed by atoms with Crippen LogP contribution in [0.25, 0.3) is 0 Å². The van der Waals surface area contributed by atoms with E-state index in [-0.39, 0.29) is 5.91 Å². The van der Waals surface area contributed by atoms with E-state index in [0.29, 0.717) is 31.8 Å². The molecule has 2 unspecified atom stereocenters. The molecule has 1 aliphatic heterocycles. The lowest BCUT2D eigenvalue weighted by atomic mass is 9.98. The largest absolute Gasteiger partial charge is 0.383 e. The number of methoxy groups -OCH3 is 1. The Morgan fingerprint density at radius 2 is 2.32 bits per heavy atom. The van der Waals surface area contributed by atoms with Gasteiger partial charge in [0.15, 0.2) is 0 Å². The van der Waals surface area contributed by atoms with E-state index in [1.165, 1.54) is 19.3 Å². The van der Waals surface area contributed by atoms with Gasteiger partial charge in [-0.1, -0.05) is 6.42 Å². The third kappa shape index (κ3) is 6.89. The van der Waals surface area contributed by atoms with Gasteiger partial charge in [0.25, 0.3) is 0 Å². The number of carbonyl (C=O) groups is 1. The van der Waals surface area contributed by atoms with Crippen LogP contribution in [0.5, 0.6) is 0 Å². The first-order chi connectivity index (χ1) is 9.13. The van der Waals surface area contributed by atoms with Crippen molar-refractivity contribution >= 4 is 5.91 Å². The Morgan fingerprint density at radius 3 is 2.95 bits per heavy atom. The summed E-state index contributed by atoms with van der Waals surface area (Å²) in [6.07, 6.45) is 4.99. The number of carbonyl (C=O) groups excluding carboxylic acids is 1. The highest BCUT2D eigenvalue weighted by molar-refractivity contribution is 5.77. The van der Waals surface area contributed by atoms with Crippen LogP contribution in [-0.2, 0) is 9.53 Å². The van der Waals surface area contributed by atoms with Crippen LogP contribution in [0, 0.1) is 0 Å². The molecule has 0 saturated carbocycles. The highest BCUT2D eigenvalue weighted by atomic mass is 16.5. The highest BCUT2D eigenvalue weighted by Crippen LogP contribution is 2.14. The SMILES string of the molecule is COCCNC(=O)CN(C)C(C)CC1CCCCN1. The fourth-order valence-corrected chi connectivity index (χ4v) is 2.45. The first-order valence-corrected chi connectivity index (χ1v) is 7.32. The summed E-state index contributed by atoms with van der Waals surface area (Å²) in [5.74, 6) is 0.0722. The topological polar surface area (TPSA) is 53.6 Å². The fourth-order valence-electron chi connectivity index (χ4n) is 2.45. The Balaban J connectivity index is 2.19. The maximum absolute atomic E-state index is 11.7. The predicted octanol–water partition coefficient (Wildman–Crippen LogP) is 0.602. The van der Waals surface area contributed by atoms with Crippen LogP contribution in [-0.4, -0.2) is 63.3 Å². The number of likely N-dealkylation sites (N-methyl/N-ethyl adjacent to an activating group) is 1. The average molecular weight is 271 g/mol. The molecule has 0 spiro atoms. The monoisotopic (exact) mass is 271 g/mol. The molecule has 0 aromatic heterocycles. The number of amides is 1. The van der Waals surface area contributed by atoms with Crippen LogP contribution in [0.2, 0.25) is 0 Å². The minimum Gasteiger partial charge on any atom is -0.383 e. The Morgan fingerprint density at radius 1 is 1.53 bits per heavy atom. The zero-order chi connectivity index (χ0) is 14.1. The molecule has 1 saturated heterocycles. The number of ether oxygens (including phenoxy) is 1. The van der Waals surface area contributed by atoms with Gasteiger partial charge in [0.05, 0.1) is 13.2 Å². The van der Waals surface area contributed by atoms with Gasteiger partial charge in [0, 0.05) is 25.7 Å². The van der Waals surface area contributed by atoms with Crippen molar-refractivity contribution in [3.8, 4) is 0 Å². The van der Waals surface area contributed by atoms with E-state index < -0.39 is 0 Å². The maximum atomic E-state index is 11.7. The van der Waals surface area contributed by atoms with Gasteiger partial charge < -0.3 is 15.4 Å². The van der Waals surface area contributed by atoms with Crippen molar-refractivity contribution in [3.63, 3.8) is 0 Å². The number of nitrogens with zero attached hydrogens (tertiary/aromatic N) is 1. The zero-order valence-electron chi connectivity index (χ0n) is 12.6. The summed E-state index contributed by atoms with van der Waals surface area (Å²) in [5.41, 5.74) is 0. The predicted molar refractivity (Wildman–Crippen MR) is 77.2 cm³/mol. The molecule has 5 heteroatoms. The Hall–Kier alpha value is -0.650. The molecule has 0 aromatic carbocycles. The second-order valence-corrected chi connectivity index (χ2v) is 5.49. The van der Waals surface area contributed by atoms with Gasteiger partial charge in [-0.05, 0) is 39.8 Å². The summed E-state index contributed by atoms with van der Waals surface area (Å²) < 4.78 is 4.91. The van der Waals surface area contributed by atoms with E-state index in [1.54, 1.807) is 7.11 Å². The lowest BCUT2D eigenvalue weighted by Crippen LogP contribution is -2.44. The van der Waals surface area contributed by atoms with Crippen LogP contribution in [0.1, 0.15) is 32.6 Å². The van der Waals surface area contributed by atoms with E-state index in [4.69, 9.17) is 4.74 Å². The summed E-state index contributed by atoms with van der Waals surface area (Å²) in [5, 5.41) is 6.41. The van der Waals surface area contributed by atoms with Crippen molar-refractivity contribution in [2.24, 2.45) is 0 Å². The van der Waals surface area contributed by atoms with Crippen molar-refractivity contribution in [3.05, 3.63) is 0 Å². The highest BCUT2D eigenvalue weighted by Gasteiger charge is 2.19. The van der Waals surface area contributed by atoms with E-state index in [0.717, 1.165) is 13.0 Å². The van der Waals surface area contributed by atoms with Gasteiger partial charge in [-0.3, -0.25) is 9.69 Å². The number of hydrogen-bond donors (Lipinski definition) is 2. The molecule has 0 radical (unpaired) electrons. The Kier molecular flexibility index (Phi) is 8.02. The number of rotatable bonds is 8. The molecule has 1 heterocycles. The summed E-state index contributed by atoms with van der Waals surface area (Å²) in [6.45, 7) is 4.94. The fraction of sp³-hybridized carbons (Fsp3) is 0.929. The molecule has 1 aliphatic rings. The van der Waals surface area contributed by atoms with E-state index in [1.807, 2.05) is 7.05 Å². The second kappa shape index (κ2) is 9.28. The van der Waals surface area contributed by atoms with Crippen LogP contribution >= 0.6 is 0 Å². The normalized spacial score (nSPS) is 21.4. The lowest BCUT2D eigenvalue weighted by Gasteiger charge is -2.30. The third-order valence-electron chi connectivity index (χ3n) is 3.81. The minimum absolute atomic E-state index is 0.0722. The molecule has 2 atom stereocenters. The Bertz CT molecular complexity index is 255. The van der Waals surface area contributed by atoms with Gasteiger partial charge >= 0.3 is 0 Å². The molecule has 5 nitrogen and oxygen atoms in total. The standard InChI is InChI=1S/C14H29N3O2/c1-12(10-13-6-4-5-7-15-13)17(2)11-14(18)16-8-9-19-3/h12-13,15H,4-11H2,1-3H3,(H,16,18). The number of hydrogen-bond acceptors (Lipinski definition) is 4. The quantitative estimate of drug-likeness (QED) is 0.635. The van der Waals surface area contributed by atoms with Crippen LogP contribution in [0.15, 0.2) is 0 Å². The molecular weight excluding hydrogens is 242 g/mol. The van der Waals surface area contributed by atoms with Crippen LogP contribution in [0.3, 0.4) is 0 Å². The molecule has 0 bridgehead atoms.